The van der Waals surface area contributed by atoms with Crippen LogP contribution in [-0.2, 0) is 11.3 Å². The summed E-state index contributed by atoms with van der Waals surface area (Å²) in [6.45, 7) is 2.34. The van der Waals surface area contributed by atoms with Gasteiger partial charge < -0.3 is 9.64 Å². The van der Waals surface area contributed by atoms with Gasteiger partial charge in [0.2, 0.25) is 0 Å². The fourth-order valence-corrected chi connectivity index (χ4v) is 4.34. The summed E-state index contributed by atoms with van der Waals surface area (Å²) >= 11 is 1.81. The highest BCUT2D eigenvalue weighted by molar-refractivity contribution is 7.99. The highest BCUT2D eigenvalue weighted by atomic mass is 32.2. The number of nitrogens with zero attached hydrogens (tertiary/aromatic N) is 2. The van der Waals surface area contributed by atoms with Crippen molar-refractivity contribution in [2.75, 3.05) is 27.2 Å². The molecule has 2 heterocycles. The topological polar surface area (TPSA) is 41.1 Å². The van der Waals surface area contributed by atoms with Gasteiger partial charge in [-0.25, -0.2) is 0 Å². The molecule has 0 unspecified atom stereocenters. The molecule has 0 amide bonds. The molecule has 1 aliphatic rings. The molecular weight excluding hydrogens is 342 g/mol. The second kappa shape index (κ2) is 7.66. The lowest BCUT2D eigenvalue weighted by molar-refractivity contribution is 0.111. The standard InChI is InChI=1S/C21H23N3OS/c1-24(2)12-7-13-25-14-17-20-15-8-3-5-10-18(15)26-19-11-6-4-9-16(19)21(20)23-22-17/h3-6,8-11H,7,12-14H2,1-2H3,(H,22,23). The van der Waals surface area contributed by atoms with E-state index in [-0.39, 0.29) is 0 Å². The highest BCUT2D eigenvalue weighted by Gasteiger charge is 2.24. The smallest absolute Gasteiger partial charge is 0.101 e. The lowest BCUT2D eigenvalue weighted by Crippen LogP contribution is -2.14. The van der Waals surface area contributed by atoms with E-state index in [0.29, 0.717) is 6.61 Å². The van der Waals surface area contributed by atoms with Crippen LogP contribution >= 0.6 is 11.8 Å². The Morgan fingerprint density at radius 2 is 1.69 bits per heavy atom. The molecule has 0 saturated heterocycles. The normalized spacial score (nSPS) is 12.4. The minimum Gasteiger partial charge on any atom is -0.375 e. The van der Waals surface area contributed by atoms with E-state index in [4.69, 9.17) is 4.74 Å². The van der Waals surface area contributed by atoms with Gasteiger partial charge in [-0.15, -0.1) is 0 Å². The molecule has 0 fully saturated rings. The fourth-order valence-electron chi connectivity index (χ4n) is 3.26. The van der Waals surface area contributed by atoms with E-state index in [1.165, 1.54) is 26.5 Å². The Kier molecular flexibility index (Phi) is 5.11. The molecule has 5 heteroatoms. The minimum atomic E-state index is 0.553. The Bertz CT molecular complexity index is 904. The molecule has 134 valence electrons. The number of fused-ring (bicyclic) bond motifs is 5. The van der Waals surface area contributed by atoms with Crippen molar-refractivity contribution >= 4 is 11.8 Å². The third-order valence-electron chi connectivity index (χ3n) is 4.50. The van der Waals surface area contributed by atoms with Crippen molar-refractivity contribution < 1.29 is 4.74 Å². The van der Waals surface area contributed by atoms with E-state index in [1.807, 2.05) is 11.8 Å². The van der Waals surface area contributed by atoms with Gasteiger partial charge in [0.1, 0.15) is 5.69 Å². The van der Waals surface area contributed by atoms with Gasteiger partial charge in [0, 0.05) is 27.5 Å². The Hall–Kier alpha value is -2.08. The molecule has 0 bridgehead atoms. The van der Waals surface area contributed by atoms with Crippen LogP contribution in [0.5, 0.6) is 0 Å². The predicted molar refractivity (Wildman–Crippen MR) is 106 cm³/mol. The summed E-state index contributed by atoms with van der Waals surface area (Å²) in [6.07, 6.45) is 1.03. The first kappa shape index (κ1) is 17.3. The first-order chi connectivity index (χ1) is 12.7. The van der Waals surface area contributed by atoms with Crippen molar-refractivity contribution in [2.45, 2.75) is 22.8 Å². The van der Waals surface area contributed by atoms with Gasteiger partial charge in [-0.05, 0) is 44.8 Å². The van der Waals surface area contributed by atoms with Crippen LogP contribution in [0.15, 0.2) is 58.3 Å². The molecule has 0 atom stereocenters. The number of hydrogen-bond acceptors (Lipinski definition) is 4. The number of benzene rings is 2. The molecule has 1 aliphatic heterocycles. The summed E-state index contributed by atoms with van der Waals surface area (Å²) in [6, 6.07) is 17.0. The average Bonchev–Trinajstić information content (AvgIpc) is 2.99. The van der Waals surface area contributed by atoms with Crippen molar-refractivity contribution in [2.24, 2.45) is 0 Å². The van der Waals surface area contributed by atoms with Crippen molar-refractivity contribution in [1.29, 1.82) is 0 Å². The van der Waals surface area contributed by atoms with Crippen LogP contribution in [-0.4, -0.2) is 42.3 Å². The first-order valence-electron chi connectivity index (χ1n) is 8.90. The van der Waals surface area contributed by atoms with Crippen LogP contribution in [0, 0.1) is 0 Å². The van der Waals surface area contributed by atoms with Crippen molar-refractivity contribution in [1.82, 2.24) is 15.1 Å². The molecule has 0 spiro atoms. The van der Waals surface area contributed by atoms with E-state index in [1.54, 1.807) is 0 Å². The summed E-state index contributed by atoms with van der Waals surface area (Å²) in [5.41, 5.74) is 5.65. The maximum absolute atomic E-state index is 5.93. The SMILES string of the molecule is CN(C)CCCOCc1[nH]nc2c1-c1ccccc1Sc1ccccc1-2. The number of hydrogen-bond donors (Lipinski definition) is 1. The number of aromatic nitrogens is 2. The molecule has 2 aromatic carbocycles. The zero-order valence-electron chi connectivity index (χ0n) is 15.2. The van der Waals surface area contributed by atoms with Crippen LogP contribution < -0.4 is 0 Å². The summed E-state index contributed by atoms with van der Waals surface area (Å²) in [4.78, 5) is 4.67. The van der Waals surface area contributed by atoms with Crippen LogP contribution in [0.3, 0.4) is 0 Å². The van der Waals surface area contributed by atoms with E-state index < -0.39 is 0 Å². The number of H-pyrrole nitrogens is 1. The van der Waals surface area contributed by atoms with Crippen LogP contribution in [0.1, 0.15) is 12.1 Å². The van der Waals surface area contributed by atoms with Crippen LogP contribution in [0.4, 0.5) is 0 Å². The minimum absolute atomic E-state index is 0.553. The summed E-state index contributed by atoms with van der Waals surface area (Å²) in [5.74, 6) is 0. The maximum Gasteiger partial charge on any atom is 0.101 e. The zero-order chi connectivity index (χ0) is 17.9. The molecule has 0 saturated carbocycles. The monoisotopic (exact) mass is 365 g/mol. The molecule has 3 aromatic rings. The highest BCUT2D eigenvalue weighted by Crippen LogP contribution is 2.47. The average molecular weight is 366 g/mol. The van der Waals surface area contributed by atoms with Gasteiger partial charge in [-0.3, -0.25) is 5.10 Å². The molecule has 0 radical (unpaired) electrons. The quantitative estimate of drug-likeness (QED) is 0.504. The first-order valence-corrected chi connectivity index (χ1v) is 9.72. The molecule has 1 aromatic heterocycles. The maximum atomic E-state index is 5.93. The van der Waals surface area contributed by atoms with Gasteiger partial charge >= 0.3 is 0 Å². The second-order valence-corrected chi connectivity index (χ2v) is 7.81. The van der Waals surface area contributed by atoms with Crippen molar-refractivity contribution in [3.63, 3.8) is 0 Å². The fraction of sp³-hybridized carbons (Fsp3) is 0.286. The lowest BCUT2D eigenvalue weighted by atomic mass is 9.99. The third kappa shape index (κ3) is 3.43. The van der Waals surface area contributed by atoms with Gasteiger partial charge in [0.15, 0.2) is 0 Å². The number of rotatable bonds is 6. The molecule has 4 nitrogen and oxygen atoms in total. The van der Waals surface area contributed by atoms with Crippen LogP contribution in [0.25, 0.3) is 22.4 Å². The van der Waals surface area contributed by atoms with Gasteiger partial charge in [0.05, 0.1) is 12.3 Å². The van der Waals surface area contributed by atoms with E-state index in [0.717, 1.165) is 31.0 Å². The zero-order valence-corrected chi connectivity index (χ0v) is 16.0. The predicted octanol–water partition coefficient (Wildman–Crippen LogP) is 4.68. The Labute approximate surface area is 158 Å². The number of ether oxygens (including phenoxy) is 1. The van der Waals surface area contributed by atoms with Gasteiger partial charge in [0.25, 0.3) is 0 Å². The van der Waals surface area contributed by atoms with E-state index >= 15 is 0 Å². The number of nitrogens with one attached hydrogen (secondary N) is 1. The molecule has 4 rings (SSSR count). The summed E-state index contributed by atoms with van der Waals surface area (Å²) < 4.78 is 5.93. The molecule has 1 N–H and O–H groups in total. The third-order valence-corrected chi connectivity index (χ3v) is 5.65. The lowest BCUT2D eigenvalue weighted by Gasteiger charge is -2.10. The van der Waals surface area contributed by atoms with Crippen molar-refractivity contribution in [3.8, 4) is 22.4 Å². The molecule has 0 aliphatic carbocycles. The molecule has 26 heavy (non-hydrogen) atoms. The Morgan fingerprint density at radius 1 is 1.00 bits per heavy atom. The Balaban J connectivity index is 1.67. The summed E-state index contributed by atoms with van der Waals surface area (Å²) in [5, 5.41) is 7.89. The Morgan fingerprint density at radius 3 is 2.46 bits per heavy atom. The van der Waals surface area contributed by atoms with Gasteiger partial charge in [-0.1, -0.05) is 48.2 Å². The van der Waals surface area contributed by atoms with E-state index in [2.05, 4.69) is 77.7 Å². The van der Waals surface area contributed by atoms with Gasteiger partial charge in [-0.2, -0.15) is 5.10 Å². The summed E-state index contributed by atoms with van der Waals surface area (Å²) in [7, 11) is 4.17. The number of aromatic amines is 1. The second-order valence-electron chi connectivity index (χ2n) is 6.73. The van der Waals surface area contributed by atoms with E-state index in [9.17, 15) is 0 Å². The largest absolute Gasteiger partial charge is 0.375 e. The van der Waals surface area contributed by atoms with Crippen molar-refractivity contribution in [3.05, 3.63) is 54.2 Å². The molecular formula is C21H23N3OS. The van der Waals surface area contributed by atoms with Crippen LogP contribution in [0.2, 0.25) is 0 Å².